The highest BCUT2D eigenvalue weighted by Crippen LogP contribution is 2.30. The molecule has 17 nitrogen and oxygen atoms in total. The first-order valence-electron chi connectivity index (χ1n) is 23.6. The molecule has 374 valence electrons. The van der Waals surface area contributed by atoms with Gasteiger partial charge in [-0.1, -0.05) is 91.6 Å². The van der Waals surface area contributed by atoms with Crippen LogP contribution in [-0.2, 0) is 54.3 Å². The van der Waals surface area contributed by atoms with Crippen molar-refractivity contribution >= 4 is 63.2 Å². The lowest BCUT2D eigenvalue weighted by atomic mass is 9.89. The number of imide groups is 1. The average Bonchev–Trinajstić information content (AvgIpc) is 3.87. The van der Waals surface area contributed by atoms with Gasteiger partial charge in [0.25, 0.3) is 11.8 Å². The van der Waals surface area contributed by atoms with Crippen LogP contribution in [0, 0.1) is 23.7 Å². The lowest BCUT2D eigenvalue weighted by molar-refractivity contribution is -0.149. The highest BCUT2D eigenvalue weighted by molar-refractivity contribution is 9.12. The van der Waals surface area contributed by atoms with Gasteiger partial charge in [0.05, 0.1) is 41.1 Å². The summed E-state index contributed by atoms with van der Waals surface area (Å²) in [6, 6.07) is 4.95. The SMILES string of the molecule is CC[C@H](C)[C@@H]([C@@H](CC(=O)N1CCC[C@H]1[C@H](OC)[C@@H](C)C(=O)NC(Cc1ccccc1)C(=O)O)OC)N(C)C(=O)[C@@H](NC(=O)[C@H](C(C)C)N(C)C(=O)CCCCCN1C(=O)C=C(Br)C1=O)C(C)C. The molecular formula is C49H75BrN6O11. The third-order valence-electron chi connectivity index (χ3n) is 13.3. The predicted molar refractivity (Wildman–Crippen MR) is 256 cm³/mol. The van der Waals surface area contributed by atoms with Gasteiger partial charge >= 0.3 is 5.97 Å². The Morgan fingerprint density at radius 3 is 2.07 bits per heavy atom. The van der Waals surface area contributed by atoms with E-state index in [0.29, 0.717) is 45.1 Å². The number of hydrogen-bond acceptors (Lipinski definition) is 10. The number of amides is 7. The molecule has 3 rings (SSSR count). The third kappa shape index (κ3) is 15.2. The van der Waals surface area contributed by atoms with Crippen LogP contribution in [0.15, 0.2) is 40.9 Å². The number of nitrogens with zero attached hydrogens (tertiary/aromatic N) is 4. The van der Waals surface area contributed by atoms with Crippen LogP contribution in [0.25, 0.3) is 0 Å². The van der Waals surface area contributed by atoms with Gasteiger partial charge in [0.1, 0.15) is 18.1 Å². The van der Waals surface area contributed by atoms with Gasteiger partial charge in [-0.3, -0.25) is 38.5 Å². The van der Waals surface area contributed by atoms with E-state index < -0.39 is 66.1 Å². The maximum absolute atomic E-state index is 14.6. The van der Waals surface area contributed by atoms with Crippen molar-refractivity contribution in [3.05, 3.63) is 46.5 Å². The molecule has 0 aromatic heterocycles. The summed E-state index contributed by atoms with van der Waals surface area (Å²) in [6.07, 6.45) is 3.40. The molecule has 3 N–H and O–H groups in total. The van der Waals surface area contributed by atoms with E-state index in [-0.39, 0.29) is 77.6 Å². The second kappa shape index (κ2) is 26.8. The maximum Gasteiger partial charge on any atom is 0.326 e. The van der Waals surface area contributed by atoms with Crippen LogP contribution in [0.1, 0.15) is 105 Å². The van der Waals surface area contributed by atoms with Gasteiger partial charge in [0.15, 0.2) is 0 Å². The van der Waals surface area contributed by atoms with Crippen molar-refractivity contribution in [3.8, 4) is 0 Å². The van der Waals surface area contributed by atoms with Gasteiger partial charge in [0, 0.05) is 60.3 Å². The summed E-state index contributed by atoms with van der Waals surface area (Å²) in [5, 5.41) is 15.6. The molecule has 0 bridgehead atoms. The number of ether oxygens (including phenoxy) is 2. The molecule has 1 unspecified atom stereocenters. The summed E-state index contributed by atoms with van der Waals surface area (Å²) in [7, 11) is 6.20. The van der Waals surface area contributed by atoms with E-state index in [1.54, 1.807) is 55.1 Å². The number of likely N-dealkylation sites (tertiary alicyclic amines) is 1. The second-order valence-corrected chi connectivity index (χ2v) is 19.6. The van der Waals surface area contributed by atoms with E-state index in [0.717, 1.165) is 10.5 Å². The summed E-state index contributed by atoms with van der Waals surface area (Å²) in [5.74, 6) is -5.34. The fraction of sp³-hybridized carbons (Fsp3) is 0.673. The minimum atomic E-state index is -1.16. The number of carboxylic acids is 1. The number of nitrogens with one attached hydrogen (secondary N) is 2. The summed E-state index contributed by atoms with van der Waals surface area (Å²) in [5.41, 5.74) is 0.762. The summed E-state index contributed by atoms with van der Waals surface area (Å²) in [6.45, 7) is 13.6. The van der Waals surface area contributed by atoms with E-state index in [1.807, 2.05) is 47.6 Å². The number of likely N-dealkylation sites (N-methyl/N-ethyl adjacent to an activating group) is 2. The zero-order valence-corrected chi connectivity index (χ0v) is 42.9. The molecule has 7 amide bonds. The molecule has 2 aliphatic heterocycles. The number of carbonyl (C=O) groups excluding carboxylic acids is 7. The van der Waals surface area contributed by atoms with Crippen LogP contribution in [0.2, 0.25) is 0 Å². The number of aliphatic carboxylic acids is 1. The zero-order valence-electron chi connectivity index (χ0n) is 41.3. The van der Waals surface area contributed by atoms with Gasteiger partial charge in [-0.25, -0.2) is 4.79 Å². The molecule has 67 heavy (non-hydrogen) atoms. The molecule has 0 saturated carbocycles. The Labute approximate surface area is 405 Å². The van der Waals surface area contributed by atoms with Crippen LogP contribution in [-0.4, -0.2) is 156 Å². The van der Waals surface area contributed by atoms with E-state index in [9.17, 15) is 43.5 Å². The number of carbonyl (C=O) groups is 8. The first-order chi connectivity index (χ1) is 31.6. The number of hydrogen-bond donors (Lipinski definition) is 3. The fourth-order valence-corrected chi connectivity index (χ4v) is 9.71. The van der Waals surface area contributed by atoms with E-state index in [1.165, 1.54) is 25.2 Å². The Kier molecular flexibility index (Phi) is 22.6. The summed E-state index contributed by atoms with van der Waals surface area (Å²) in [4.78, 5) is 112. The Morgan fingerprint density at radius 1 is 0.881 bits per heavy atom. The van der Waals surface area contributed by atoms with Crippen molar-refractivity contribution in [3.63, 3.8) is 0 Å². The van der Waals surface area contributed by atoms with Gasteiger partial charge in [-0.2, -0.15) is 0 Å². The molecule has 0 aliphatic carbocycles. The van der Waals surface area contributed by atoms with Crippen LogP contribution >= 0.6 is 15.9 Å². The van der Waals surface area contributed by atoms with Gasteiger partial charge in [-0.15, -0.1) is 0 Å². The van der Waals surface area contributed by atoms with Crippen molar-refractivity contribution in [1.29, 1.82) is 0 Å². The lowest BCUT2D eigenvalue weighted by Crippen LogP contribution is -2.60. The molecule has 0 radical (unpaired) electrons. The smallest absolute Gasteiger partial charge is 0.326 e. The zero-order chi connectivity index (χ0) is 50.3. The van der Waals surface area contributed by atoms with Crippen LogP contribution in [0.3, 0.4) is 0 Å². The first kappa shape index (κ1) is 56.6. The quantitative estimate of drug-likeness (QED) is 0.0822. The van der Waals surface area contributed by atoms with Crippen molar-refractivity contribution < 1.29 is 52.9 Å². The number of carboxylic acid groups (broad SMARTS) is 1. The largest absolute Gasteiger partial charge is 0.480 e. The van der Waals surface area contributed by atoms with Crippen molar-refractivity contribution in [1.82, 2.24) is 30.2 Å². The summed E-state index contributed by atoms with van der Waals surface area (Å²) >= 11 is 3.09. The second-order valence-electron chi connectivity index (χ2n) is 18.7. The van der Waals surface area contributed by atoms with Gasteiger partial charge in [-0.05, 0) is 64.9 Å². The molecule has 2 aliphatic rings. The number of rotatable bonds is 27. The molecule has 2 heterocycles. The van der Waals surface area contributed by atoms with Crippen molar-refractivity contribution in [2.45, 2.75) is 149 Å². The minimum absolute atomic E-state index is 0.0840. The average molecular weight is 1000 g/mol. The molecular weight excluding hydrogens is 928 g/mol. The van der Waals surface area contributed by atoms with Gasteiger partial charge in [0.2, 0.25) is 29.5 Å². The Morgan fingerprint density at radius 2 is 1.54 bits per heavy atom. The summed E-state index contributed by atoms with van der Waals surface area (Å²) < 4.78 is 12.1. The standard InChI is InChI=1S/C49H75BrN6O11/c1-12-31(6)43(37(66-10)28-40(59)55-25-19-22-36(55)44(67-11)32(7)45(60)51-35(49(64)65)26-33-20-15-13-16-21-33)54(9)48(63)41(29(2)3)52-46(61)42(30(4)5)53(8)38(57)23-17-14-18-24-56-39(58)27-34(50)47(56)62/h13,15-16,20-21,27,29-32,35-37,41-44H,12,14,17-19,22-26,28H2,1-11H3,(H,51,60)(H,52,61)(H,64,65)/t31-,32+,35?,36-,37+,41-,42-,43-,44+/m0/s1. The molecule has 18 heteroatoms. The fourth-order valence-electron chi connectivity index (χ4n) is 9.30. The third-order valence-corrected chi connectivity index (χ3v) is 13.9. The van der Waals surface area contributed by atoms with Crippen LogP contribution in [0.4, 0.5) is 0 Å². The topological polar surface area (TPSA) is 212 Å². The molecule has 1 fully saturated rings. The Bertz CT molecular complexity index is 1910. The molecule has 9 atom stereocenters. The van der Waals surface area contributed by atoms with Crippen LogP contribution in [0.5, 0.6) is 0 Å². The van der Waals surface area contributed by atoms with E-state index in [2.05, 4.69) is 26.6 Å². The molecule has 0 spiro atoms. The van der Waals surface area contributed by atoms with E-state index >= 15 is 0 Å². The predicted octanol–water partition coefficient (Wildman–Crippen LogP) is 4.55. The molecule has 1 aromatic carbocycles. The highest BCUT2D eigenvalue weighted by Gasteiger charge is 2.44. The van der Waals surface area contributed by atoms with Crippen molar-refractivity contribution in [2.75, 3.05) is 41.4 Å². The van der Waals surface area contributed by atoms with Crippen LogP contribution < -0.4 is 10.6 Å². The van der Waals surface area contributed by atoms with Crippen molar-refractivity contribution in [2.24, 2.45) is 23.7 Å². The minimum Gasteiger partial charge on any atom is -0.480 e. The van der Waals surface area contributed by atoms with E-state index in [4.69, 9.17) is 9.47 Å². The number of unbranched alkanes of at least 4 members (excludes halogenated alkanes) is 2. The molecule has 1 saturated heterocycles. The monoisotopic (exact) mass is 1000 g/mol. The number of benzene rings is 1. The van der Waals surface area contributed by atoms with Gasteiger partial charge < -0.3 is 39.9 Å². The number of halogens is 1. The Hall–Kier alpha value is -4.68. The number of methoxy groups -OCH3 is 2. The molecule has 1 aromatic rings. The highest BCUT2D eigenvalue weighted by atomic mass is 79.9. The maximum atomic E-state index is 14.6. The first-order valence-corrected chi connectivity index (χ1v) is 24.4. The Balaban J connectivity index is 1.71. The normalized spacial score (nSPS) is 18.7. The lowest BCUT2D eigenvalue weighted by Gasteiger charge is -2.41.